The molecule has 31 atom stereocenters. The van der Waals surface area contributed by atoms with Crippen LogP contribution in [0.2, 0.25) is 0 Å². The van der Waals surface area contributed by atoms with Crippen molar-refractivity contribution < 1.29 is 133 Å². The minimum Gasteiger partial charge on any atom is -0.479 e. The van der Waals surface area contributed by atoms with E-state index in [2.05, 4.69) is 19.9 Å². The summed E-state index contributed by atoms with van der Waals surface area (Å²) in [6.45, 7) is 17.1. The topological polar surface area (TPSA) is 435 Å². The van der Waals surface area contributed by atoms with E-state index in [4.69, 9.17) is 42.6 Å². The number of esters is 1. The third kappa shape index (κ3) is 11.2. The summed E-state index contributed by atoms with van der Waals surface area (Å²) in [4.78, 5) is 55.6. The number of ketones is 2. The second kappa shape index (κ2) is 25.6. The molecule has 0 spiro atoms. The standard InChI is InChI=1S/C62H96O27/c1-12-24(2)52(80)89-50-36(26(4)67)57(5,6)19-28-27-13-14-33-59(9)17-16-34(58(7,8)32(59)15-18-60(33,10)61(27,11)49(77)35(25(3)66)62(28,50)23-65)84-56-48(88-54-43(75)41(73)39(71)31(21-64)83-54)45(44(76)46(86-56)51(78)79)85-55-47(37(69)29(68)22-81-55)87-53-42(74)40(72)38(70)30(20-63)82-53/h12-13,28-50,53-56,63-65,68-77H,14-23H2,1-11H3,(H,78,79)/b24-12-/t28-,29+,30+,31+,32-,33+,34-,35+,36-,37-,38+,39-,40-,41-,42+,43+,44-,45-,46-,47+,48+,49-,50-,53-,54-,55-,56+,59-,60+,61-,62-/m0/s1. The highest BCUT2D eigenvalue weighted by molar-refractivity contribution is 5.89. The fraction of sp³-hybridized carbons (Fsp3) is 0.871. The molecule has 14 N–H and O–H groups in total. The maximum atomic E-state index is 14.6. The molecule has 4 heterocycles. The van der Waals surface area contributed by atoms with Gasteiger partial charge in [-0.1, -0.05) is 66.2 Å². The van der Waals surface area contributed by atoms with Crippen LogP contribution < -0.4 is 0 Å². The first kappa shape index (κ1) is 70.2. The molecule has 5 aliphatic carbocycles. The molecule has 89 heavy (non-hydrogen) atoms. The van der Waals surface area contributed by atoms with Gasteiger partial charge in [-0.3, -0.25) is 9.59 Å². The number of aliphatic carboxylic acids is 1. The molecule has 4 saturated carbocycles. The Morgan fingerprint density at radius 1 is 0.629 bits per heavy atom. The first-order chi connectivity index (χ1) is 41.5. The summed E-state index contributed by atoms with van der Waals surface area (Å²) in [5.41, 5.74) is -4.66. The van der Waals surface area contributed by atoms with Gasteiger partial charge in [0.1, 0.15) is 103 Å². The van der Waals surface area contributed by atoms with Crippen LogP contribution in [0, 0.1) is 62.1 Å². The lowest BCUT2D eigenvalue weighted by Gasteiger charge is -2.74. The summed E-state index contributed by atoms with van der Waals surface area (Å²) in [6, 6.07) is 0. The average molecular weight is 1270 g/mol. The Kier molecular flexibility index (Phi) is 20.2. The van der Waals surface area contributed by atoms with Crippen LogP contribution in [0.25, 0.3) is 0 Å². The van der Waals surface area contributed by atoms with E-state index in [9.17, 15) is 90.7 Å². The minimum atomic E-state index is -2.27. The summed E-state index contributed by atoms with van der Waals surface area (Å²) in [6.07, 6.45) is -34.2. The third-order valence-corrected chi connectivity index (χ3v) is 23.5. The quantitative estimate of drug-likeness (QED) is 0.0353. The van der Waals surface area contributed by atoms with Gasteiger partial charge in [-0.25, -0.2) is 9.59 Å². The number of Topliss-reactive ketones (excluding diaryl/α,β-unsaturated/α-hetero) is 2. The van der Waals surface area contributed by atoms with E-state index in [0.29, 0.717) is 32.1 Å². The number of carbonyl (C=O) groups excluding carboxylic acids is 3. The molecule has 506 valence electrons. The molecule has 4 saturated heterocycles. The molecule has 0 unspecified atom stereocenters. The van der Waals surface area contributed by atoms with Crippen LogP contribution in [0.4, 0.5) is 0 Å². The van der Waals surface area contributed by atoms with E-state index in [1.807, 2.05) is 34.6 Å². The van der Waals surface area contributed by atoms with Crippen LogP contribution in [0.1, 0.15) is 115 Å². The molecule has 27 nitrogen and oxygen atoms in total. The number of ether oxygens (including phenoxy) is 9. The summed E-state index contributed by atoms with van der Waals surface area (Å²) >= 11 is 0. The van der Waals surface area contributed by atoms with Gasteiger partial charge in [-0.05, 0) is 106 Å². The molecule has 0 aromatic rings. The molecule has 4 aliphatic heterocycles. The first-order valence-corrected chi connectivity index (χ1v) is 31.1. The number of carboxylic acid groups (broad SMARTS) is 1. The molecule has 9 aliphatic rings. The zero-order valence-corrected chi connectivity index (χ0v) is 52.4. The fourth-order valence-corrected chi connectivity index (χ4v) is 18.5. The summed E-state index contributed by atoms with van der Waals surface area (Å²) < 4.78 is 55.1. The Hall–Kier alpha value is -3.08. The van der Waals surface area contributed by atoms with Crippen molar-refractivity contribution in [3.63, 3.8) is 0 Å². The van der Waals surface area contributed by atoms with E-state index in [0.717, 1.165) is 5.57 Å². The molecule has 0 radical (unpaired) electrons. The van der Waals surface area contributed by atoms with Gasteiger partial charge in [0.2, 0.25) is 0 Å². The molecular formula is C62H96O27. The Balaban J connectivity index is 1.07. The predicted molar refractivity (Wildman–Crippen MR) is 302 cm³/mol. The fourth-order valence-electron chi connectivity index (χ4n) is 18.5. The molecule has 9 rings (SSSR count). The molecule has 0 aromatic heterocycles. The summed E-state index contributed by atoms with van der Waals surface area (Å²) in [5.74, 6) is -6.44. The number of allylic oxidation sites excluding steroid dienone is 2. The molecular weight excluding hydrogens is 1180 g/mol. The number of aliphatic hydroxyl groups excluding tert-OH is 13. The highest BCUT2D eigenvalue weighted by Gasteiger charge is 2.77. The molecule has 27 heteroatoms. The second-order valence-electron chi connectivity index (χ2n) is 28.8. The van der Waals surface area contributed by atoms with Gasteiger partial charge in [-0.2, -0.15) is 0 Å². The zero-order valence-electron chi connectivity index (χ0n) is 52.4. The monoisotopic (exact) mass is 1270 g/mol. The smallest absolute Gasteiger partial charge is 0.335 e. The van der Waals surface area contributed by atoms with Gasteiger partial charge in [-0.15, -0.1) is 0 Å². The number of carboxylic acids is 1. The Bertz CT molecular complexity index is 2660. The van der Waals surface area contributed by atoms with Crippen molar-refractivity contribution in [2.75, 3.05) is 26.4 Å². The molecule has 0 bridgehead atoms. The summed E-state index contributed by atoms with van der Waals surface area (Å²) in [5, 5.41) is 156. The van der Waals surface area contributed by atoms with Gasteiger partial charge < -0.3 is 114 Å². The van der Waals surface area contributed by atoms with Gasteiger partial charge in [0.05, 0.1) is 55.9 Å². The van der Waals surface area contributed by atoms with Crippen molar-refractivity contribution in [2.45, 2.75) is 250 Å². The lowest BCUT2D eigenvalue weighted by atomic mass is 9.31. The van der Waals surface area contributed by atoms with Crippen LogP contribution >= 0.6 is 0 Å². The number of fused-ring (bicyclic) bond motifs is 7. The third-order valence-electron chi connectivity index (χ3n) is 23.5. The largest absolute Gasteiger partial charge is 0.479 e. The lowest BCUT2D eigenvalue weighted by molar-refractivity contribution is -0.401. The van der Waals surface area contributed by atoms with Gasteiger partial charge in [0.15, 0.2) is 31.3 Å². The average Bonchev–Trinajstić information content (AvgIpc) is 0.661. The van der Waals surface area contributed by atoms with Crippen LogP contribution in [0.5, 0.6) is 0 Å². The Morgan fingerprint density at radius 3 is 1.72 bits per heavy atom. The maximum Gasteiger partial charge on any atom is 0.335 e. The Morgan fingerprint density at radius 2 is 1.19 bits per heavy atom. The van der Waals surface area contributed by atoms with Crippen molar-refractivity contribution >= 4 is 23.5 Å². The highest BCUT2D eigenvalue weighted by Crippen LogP contribution is 2.77. The van der Waals surface area contributed by atoms with Crippen LogP contribution in [0.15, 0.2) is 23.3 Å². The molecule has 8 fully saturated rings. The first-order valence-electron chi connectivity index (χ1n) is 31.1. The van der Waals surface area contributed by atoms with E-state index in [1.165, 1.54) is 13.8 Å². The van der Waals surface area contributed by atoms with Gasteiger partial charge >= 0.3 is 11.9 Å². The van der Waals surface area contributed by atoms with E-state index < -0.39 is 229 Å². The second-order valence-corrected chi connectivity index (χ2v) is 28.8. The SMILES string of the molecule is C/C=C(/C)C(=O)O[C@H]1[C@H](C(C)=O)C(C)(C)C[C@H]2C3=CC[C@@H]4[C@@]5(C)CC[C@H](O[C@@H]6O[C@H](C(=O)O)[C@@H](O)[C@H](O[C@@H]7OC[C@@H](O)[C@H](O)[C@H]7O[C@@H]7O[C@H](CO)[C@@H](O)[C@H](O)[C@H]7O)[C@H]6O[C@@H]6O[C@H](CO)[C@H](O)[C@H](O)[C@H]6O)C(C)(C)[C@@H]5CC[C@@]4(C)[C@]3(C)[C@@H](O)[C@@H](C(C)=O)[C@]21CO. The maximum absolute atomic E-state index is 14.6. The van der Waals surface area contributed by atoms with E-state index in [-0.39, 0.29) is 29.6 Å². The normalized spacial score (nSPS) is 50.4. The predicted octanol–water partition coefficient (Wildman–Crippen LogP) is -1.74. The van der Waals surface area contributed by atoms with Crippen molar-refractivity contribution in [3.05, 3.63) is 23.3 Å². The number of hydrogen-bond acceptors (Lipinski definition) is 26. The summed E-state index contributed by atoms with van der Waals surface area (Å²) in [7, 11) is 0. The zero-order chi connectivity index (χ0) is 65.9. The number of hydrogen-bond donors (Lipinski definition) is 14. The van der Waals surface area contributed by atoms with Crippen molar-refractivity contribution in [1.82, 2.24) is 0 Å². The van der Waals surface area contributed by atoms with E-state index >= 15 is 0 Å². The van der Waals surface area contributed by atoms with Crippen molar-refractivity contribution in [3.8, 4) is 0 Å². The number of carbonyl (C=O) groups is 4. The highest BCUT2D eigenvalue weighted by atomic mass is 16.8. The van der Waals surface area contributed by atoms with Gasteiger partial charge in [0, 0.05) is 11.0 Å². The number of aliphatic hydroxyl groups is 13. The van der Waals surface area contributed by atoms with Crippen molar-refractivity contribution in [2.24, 2.45) is 62.1 Å². The van der Waals surface area contributed by atoms with Crippen LogP contribution in [0.3, 0.4) is 0 Å². The lowest BCUT2D eigenvalue weighted by Crippen LogP contribution is -2.75. The van der Waals surface area contributed by atoms with Crippen LogP contribution in [-0.4, -0.2) is 256 Å². The van der Waals surface area contributed by atoms with E-state index in [1.54, 1.807) is 19.9 Å². The minimum absolute atomic E-state index is 0.195. The van der Waals surface area contributed by atoms with Crippen molar-refractivity contribution in [1.29, 1.82) is 0 Å². The molecule has 0 amide bonds. The van der Waals surface area contributed by atoms with Gasteiger partial charge in [0.25, 0.3) is 0 Å². The number of rotatable bonds is 16. The Labute approximate surface area is 516 Å². The van der Waals surface area contributed by atoms with Crippen LogP contribution in [-0.2, 0) is 61.8 Å². The molecule has 0 aromatic carbocycles.